The van der Waals surface area contributed by atoms with Gasteiger partial charge in [-0.3, -0.25) is 9.59 Å². The van der Waals surface area contributed by atoms with Crippen molar-refractivity contribution in [3.63, 3.8) is 0 Å². The first-order chi connectivity index (χ1) is 17.5. The van der Waals surface area contributed by atoms with Gasteiger partial charge >= 0.3 is 0 Å². The molecular formula is C33H38N2O2. The fourth-order valence-corrected chi connectivity index (χ4v) is 7.46. The molecule has 0 bridgehead atoms. The molecule has 0 aliphatic heterocycles. The Balaban J connectivity index is 1.08. The highest BCUT2D eigenvalue weighted by molar-refractivity contribution is 6.02. The molecule has 4 nitrogen and oxygen atoms in total. The summed E-state index contributed by atoms with van der Waals surface area (Å²) in [4.78, 5) is 25.0. The molecule has 0 unspecified atom stereocenters. The van der Waals surface area contributed by atoms with Crippen LogP contribution in [0.15, 0.2) is 71.1 Å². The maximum atomic E-state index is 12.5. The van der Waals surface area contributed by atoms with Gasteiger partial charge in [0.15, 0.2) is 11.6 Å². The zero-order valence-corrected chi connectivity index (χ0v) is 22.9. The summed E-state index contributed by atoms with van der Waals surface area (Å²) < 4.78 is 0. The quantitative estimate of drug-likeness (QED) is 0.419. The Morgan fingerprint density at radius 1 is 0.676 bits per heavy atom. The van der Waals surface area contributed by atoms with Crippen molar-refractivity contribution in [1.82, 2.24) is 0 Å². The van der Waals surface area contributed by atoms with Gasteiger partial charge in [0.25, 0.3) is 0 Å². The van der Waals surface area contributed by atoms with Crippen molar-refractivity contribution in [2.24, 2.45) is 34.5 Å². The van der Waals surface area contributed by atoms with Crippen molar-refractivity contribution in [2.75, 3.05) is 10.6 Å². The van der Waals surface area contributed by atoms with E-state index < -0.39 is 0 Å². The Labute approximate surface area is 220 Å². The number of Topliss-reactive ketones (excluding diaryl/α,β-unsaturated/α-hetero) is 2. The minimum Gasteiger partial charge on any atom is -0.359 e. The Morgan fingerprint density at radius 3 is 1.35 bits per heavy atom. The summed E-state index contributed by atoms with van der Waals surface area (Å²) in [7, 11) is 0. The van der Waals surface area contributed by atoms with Crippen LogP contribution in [0.3, 0.4) is 0 Å². The largest absolute Gasteiger partial charge is 0.359 e. The zero-order chi connectivity index (χ0) is 26.3. The van der Waals surface area contributed by atoms with Crippen LogP contribution in [0.5, 0.6) is 0 Å². The normalized spacial score (nSPS) is 31.0. The molecule has 0 aromatic heterocycles. The van der Waals surface area contributed by atoms with E-state index >= 15 is 0 Å². The Morgan fingerprint density at radius 2 is 1.03 bits per heavy atom. The first-order valence-corrected chi connectivity index (χ1v) is 13.7. The molecule has 4 aliphatic carbocycles. The molecule has 6 rings (SSSR count). The average Bonchev–Trinajstić information content (AvgIpc) is 3.34. The standard InChI is InChI=1S/C33H38N2O2/c1-18(28-26(36)16-24-30(28)32(24,3)4)34-22-11-7-20(8-12-22)15-21-9-13-23(14-10-21)35-19(2)29-27(37)17-25-31(29)33(25,5)6/h7-14,24-25,30-31,34-35H,15-17H2,1-6H3/b28-18-,29-19-/t24-,25-,30-,31-/m1/s1. The van der Waals surface area contributed by atoms with Gasteiger partial charge in [-0.25, -0.2) is 0 Å². The number of ketones is 2. The lowest BCUT2D eigenvalue weighted by atomic mass is 9.95. The molecule has 0 saturated heterocycles. The molecule has 0 heterocycles. The van der Waals surface area contributed by atoms with Crippen LogP contribution in [0.25, 0.3) is 0 Å². The fraction of sp³-hybridized carbons (Fsp3) is 0.455. The topological polar surface area (TPSA) is 58.2 Å². The summed E-state index contributed by atoms with van der Waals surface area (Å²) in [6.45, 7) is 13.2. The van der Waals surface area contributed by atoms with Gasteiger partial charge in [-0.2, -0.15) is 0 Å². The van der Waals surface area contributed by atoms with Crippen LogP contribution >= 0.6 is 0 Å². The van der Waals surface area contributed by atoms with Gasteiger partial charge in [-0.05, 0) is 90.2 Å². The van der Waals surface area contributed by atoms with Crippen molar-refractivity contribution in [3.05, 3.63) is 82.2 Å². The molecule has 0 amide bonds. The lowest BCUT2D eigenvalue weighted by Gasteiger charge is -2.15. The summed E-state index contributed by atoms with van der Waals surface area (Å²) >= 11 is 0. The summed E-state index contributed by atoms with van der Waals surface area (Å²) in [5.74, 6) is 2.52. The molecule has 37 heavy (non-hydrogen) atoms. The van der Waals surface area contributed by atoms with E-state index in [9.17, 15) is 9.59 Å². The van der Waals surface area contributed by atoms with Gasteiger partial charge in [0.1, 0.15) is 0 Å². The van der Waals surface area contributed by atoms with E-state index in [0.717, 1.165) is 40.3 Å². The van der Waals surface area contributed by atoms with Crippen molar-refractivity contribution >= 4 is 22.9 Å². The minimum atomic E-state index is 0.266. The van der Waals surface area contributed by atoms with E-state index in [4.69, 9.17) is 0 Å². The molecule has 4 atom stereocenters. The summed E-state index contributed by atoms with van der Waals surface area (Å²) in [5, 5.41) is 6.97. The average molecular weight is 495 g/mol. The van der Waals surface area contributed by atoms with Gasteiger partial charge in [0, 0.05) is 46.8 Å². The number of hydrogen-bond donors (Lipinski definition) is 2. The van der Waals surface area contributed by atoms with E-state index in [0.29, 0.717) is 48.1 Å². The summed E-state index contributed by atoms with van der Waals surface area (Å²) in [6, 6.07) is 17.0. The van der Waals surface area contributed by atoms with E-state index in [2.05, 4.69) is 86.9 Å². The third-order valence-corrected chi connectivity index (χ3v) is 9.92. The number of hydrogen-bond acceptors (Lipinski definition) is 4. The second-order valence-corrected chi connectivity index (χ2v) is 13.0. The summed E-state index contributed by atoms with van der Waals surface area (Å²) in [5.41, 5.74) is 9.09. The number of carbonyl (C=O) groups is 2. The number of nitrogens with one attached hydrogen (secondary N) is 2. The smallest absolute Gasteiger partial charge is 0.161 e. The molecule has 2 aromatic rings. The lowest BCUT2D eigenvalue weighted by Crippen LogP contribution is -2.12. The first-order valence-electron chi connectivity index (χ1n) is 13.7. The van der Waals surface area contributed by atoms with Gasteiger partial charge in [-0.15, -0.1) is 0 Å². The Kier molecular flexibility index (Phi) is 5.35. The highest BCUT2D eigenvalue weighted by Gasteiger charge is 2.66. The van der Waals surface area contributed by atoms with Crippen LogP contribution in [0.1, 0.15) is 65.5 Å². The van der Waals surface area contributed by atoms with Crippen LogP contribution in [0.4, 0.5) is 11.4 Å². The van der Waals surface area contributed by atoms with Crippen molar-refractivity contribution < 1.29 is 9.59 Å². The maximum absolute atomic E-state index is 12.5. The molecule has 4 fully saturated rings. The van der Waals surface area contributed by atoms with E-state index in [1.807, 2.05) is 13.8 Å². The van der Waals surface area contributed by atoms with Gasteiger partial charge in [-0.1, -0.05) is 52.0 Å². The van der Waals surface area contributed by atoms with E-state index in [1.165, 1.54) is 11.1 Å². The van der Waals surface area contributed by atoms with E-state index in [-0.39, 0.29) is 10.8 Å². The van der Waals surface area contributed by atoms with Crippen LogP contribution < -0.4 is 10.6 Å². The van der Waals surface area contributed by atoms with Crippen molar-refractivity contribution in [3.8, 4) is 0 Å². The molecule has 192 valence electrons. The zero-order valence-electron chi connectivity index (χ0n) is 22.9. The highest BCUT2D eigenvalue weighted by Crippen LogP contribution is 2.69. The number of fused-ring (bicyclic) bond motifs is 2. The molecule has 4 heteroatoms. The number of rotatable bonds is 6. The molecule has 2 N–H and O–H groups in total. The number of benzene rings is 2. The monoisotopic (exact) mass is 494 g/mol. The van der Waals surface area contributed by atoms with Crippen LogP contribution in [-0.4, -0.2) is 11.6 Å². The maximum Gasteiger partial charge on any atom is 0.161 e. The number of allylic oxidation sites excluding steroid dienone is 4. The fourth-order valence-electron chi connectivity index (χ4n) is 7.46. The van der Waals surface area contributed by atoms with Gasteiger partial charge < -0.3 is 10.6 Å². The predicted molar refractivity (Wildman–Crippen MR) is 149 cm³/mol. The highest BCUT2D eigenvalue weighted by atomic mass is 16.1. The van der Waals surface area contributed by atoms with Crippen molar-refractivity contribution in [2.45, 2.75) is 60.8 Å². The van der Waals surface area contributed by atoms with Crippen molar-refractivity contribution in [1.29, 1.82) is 0 Å². The second-order valence-electron chi connectivity index (χ2n) is 13.0. The molecule has 2 aromatic carbocycles. The second kappa shape index (κ2) is 8.18. The Bertz CT molecular complexity index is 1250. The number of anilines is 2. The minimum absolute atomic E-state index is 0.266. The predicted octanol–water partition coefficient (Wildman–Crippen LogP) is 7.14. The van der Waals surface area contributed by atoms with Gasteiger partial charge in [0.2, 0.25) is 0 Å². The lowest BCUT2D eigenvalue weighted by molar-refractivity contribution is -0.116. The third kappa shape index (κ3) is 3.96. The Hall–Kier alpha value is -3.14. The molecular weight excluding hydrogens is 456 g/mol. The van der Waals surface area contributed by atoms with Crippen LogP contribution in [0.2, 0.25) is 0 Å². The SMILES string of the molecule is C/C(Nc1ccc(Cc2ccc(N/C(C)=C3/C(=O)C[C@@H]4[C@H]3C4(C)C)cc2)cc1)=C1\C(=O)C[C@@H]2[C@H]1C2(C)C. The molecule has 4 saturated carbocycles. The third-order valence-electron chi connectivity index (χ3n) is 9.92. The summed E-state index contributed by atoms with van der Waals surface area (Å²) in [6.07, 6.45) is 2.26. The first kappa shape index (κ1) is 24.2. The number of carbonyl (C=O) groups excluding carboxylic acids is 2. The van der Waals surface area contributed by atoms with Crippen LogP contribution in [0, 0.1) is 34.5 Å². The van der Waals surface area contributed by atoms with Gasteiger partial charge in [0.05, 0.1) is 0 Å². The molecule has 4 aliphatic rings. The molecule has 0 spiro atoms. The van der Waals surface area contributed by atoms with E-state index in [1.54, 1.807) is 0 Å². The molecule has 0 radical (unpaired) electrons. The van der Waals surface area contributed by atoms with Crippen LogP contribution in [-0.2, 0) is 16.0 Å².